The number of halogens is 1. The first-order valence-electron chi connectivity index (χ1n) is 4.55. The summed E-state index contributed by atoms with van der Waals surface area (Å²) in [6.45, 7) is 1.38. The minimum Gasteiger partial charge on any atom is -0.506 e. The number of hydroxylamine groups is 1. The van der Waals surface area contributed by atoms with Crippen molar-refractivity contribution in [1.82, 2.24) is 5.48 Å². The maximum absolute atomic E-state index is 9.55. The van der Waals surface area contributed by atoms with Crippen LogP contribution in [-0.2, 0) is 16.1 Å². The second-order valence-electron chi connectivity index (χ2n) is 2.91. The highest BCUT2D eigenvalue weighted by atomic mass is 35.5. The summed E-state index contributed by atoms with van der Waals surface area (Å²) in [6.07, 6.45) is 0. The quantitative estimate of drug-likeness (QED) is 0.578. The molecule has 15 heavy (non-hydrogen) atoms. The molecule has 1 aromatic carbocycles. The average Bonchev–Trinajstić information content (AvgIpc) is 2.24. The molecule has 2 N–H and O–H groups in total. The third kappa shape index (κ3) is 4.05. The van der Waals surface area contributed by atoms with E-state index >= 15 is 0 Å². The van der Waals surface area contributed by atoms with Gasteiger partial charge in [-0.05, 0) is 6.07 Å². The molecule has 0 unspecified atom stereocenters. The summed E-state index contributed by atoms with van der Waals surface area (Å²) in [5, 5.41) is 9.89. The molecule has 1 aromatic rings. The highest BCUT2D eigenvalue weighted by molar-refractivity contribution is 6.32. The lowest BCUT2D eigenvalue weighted by atomic mass is 10.2. The number of aromatic hydroxyl groups is 1. The first kappa shape index (κ1) is 12.3. The van der Waals surface area contributed by atoms with Crippen LogP contribution < -0.4 is 5.48 Å². The van der Waals surface area contributed by atoms with Gasteiger partial charge >= 0.3 is 0 Å². The van der Waals surface area contributed by atoms with E-state index in [1.54, 1.807) is 25.3 Å². The van der Waals surface area contributed by atoms with Gasteiger partial charge in [-0.15, -0.1) is 0 Å². The van der Waals surface area contributed by atoms with E-state index in [1.165, 1.54) is 0 Å². The minimum absolute atomic E-state index is 0.0852. The number of methoxy groups -OCH3 is 1. The molecule has 0 amide bonds. The Morgan fingerprint density at radius 3 is 2.93 bits per heavy atom. The van der Waals surface area contributed by atoms with Gasteiger partial charge < -0.3 is 9.84 Å². The Balaban J connectivity index is 2.34. The van der Waals surface area contributed by atoms with Gasteiger partial charge in [0.2, 0.25) is 0 Å². The normalized spacial score (nSPS) is 10.5. The monoisotopic (exact) mass is 231 g/mol. The van der Waals surface area contributed by atoms with Gasteiger partial charge in [-0.25, -0.2) is 0 Å². The van der Waals surface area contributed by atoms with Crippen molar-refractivity contribution in [2.75, 3.05) is 20.3 Å². The van der Waals surface area contributed by atoms with Crippen molar-refractivity contribution in [3.05, 3.63) is 28.8 Å². The Labute approximate surface area is 93.7 Å². The van der Waals surface area contributed by atoms with Crippen LogP contribution in [0.3, 0.4) is 0 Å². The van der Waals surface area contributed by atoms with Crippen LogP contribution in [0.2, 0.25) is 5.02 Å². The fourth-order valence-corrected chi connectivity index (χ4v) is 1.22. The van der Waals surface area contributed by atoms with E-state index in [1.807, 2.05) is 0 Å². The van der Waals surface area contributed by atoms with E-state index in [9.17, 15) is 5.11 Å². The molecular formula is C10H14ClNO3. The molecular weight excluding hydrogens is 218 g/mol. The predicted molar refractivity (Wildman–Crippen MR) is 57.8 cm³/mol. The molecule has 4 nitrogen and oxygen atoms in total. The zero-order valence-corrected chi connectivity index (χ0v) is 9.25. The van der Waals surface area contributed by atoms with E-state index in [2.05, 4.69) is 5.48 Å². The fourth-order valence-electron chi connectivity index (χ4n) is 1.03. The number of hydrogen-bond donors (Lipinski definition) is 2. The van der Waals surface area contributed by atoms with Crippen molar-refractivity contribution in [2.24, 2.45) is 0 Å². The number of para-hydroxylation sites is 1. The van der Waals surface area contributed by atoms with Gasteiger partial charge in [-0.2, -0.15) is 5.48 Å². The molecule has 0 heterocycles. The molecule has 0 saturated carbocycles. The Hall–Kier alpha value is -0.810. The lowest BCUT2D eigenvalue weighted by Crippen LogP contribution is -2.17. The van der Waals surface area contributed by atoms with Crippen molar-refractivity contribution in [1.29, 1.82) is 0 Å². The van der Waals surface area contributed by atoms with E-state index in [0.717, 1.165) is 0 Å². The van der Waals surface area contributed by atoms with Gasteiger partial charge in [0.05, 0.1) is 18.2 Å². The van der Waals surface area contributed by atoms with Crippen molar-refractivity contribution in [2.45, 2.75) is 6.54 Å². The van der Waals surface area contributed by atoms with E-state index < -0.39 is 0 Å². The van der Waals surface area contributed by atoms with Crippen LogP contribution in [0, 0.1) is 0 Å². The first-order chi connectivity index (χ1) is 7.25. The highest BCUT2D eigenvalue weighted by Crippen LogP contribution is 2.26. The molecule has 0 aliphatic rings. The second kappa shape index (κ2) is 6.63. The first-order valence-corrected chi connectivity index (χ1v) is 4.93. The van der Waals surface area contributed by atoms with Crippen LogP contribution in [-0.4, -0.2) is 25.4 Å². The fraction of sp³-hybridized carbons (Fsp3) is 0.400. The molecule has 1 rings (SSSR count). The topological polar surface area (TPSA) is 50.7 Å². The minimum atomic E-state index is 0.0852. The zero-order chi connectivity index (χ0) is 11.1. The van der Waals surface area contributed by atoms with Crippen LogP contribution in [0.25, 0.3) is 0 Å². The maximum atomic E-state index is 9.55. The van der Waals surface area contributed by atoms with Gasteiger partial charge in [0.25, 0.3) is 0 Å². The molecule has 0 saturated heterocycles. The number of ether oxygens (including phenoxy) is 1. The molecule has 84 valence electrons. The molecule has 0 aliphatic carbocycles. The highest BCUT2D eigenvalue weighted by Gasteiger charge is 2.03. The zero-order valence-electron chi connectivity index (χ0n) is 8.50. The Kier molecular flexibility index (Phi) is 5.42. The summed E-state index contributed by atoms with van der Waals surface area (Å²) < 4.78 is 4.80. The molecule has 0 atom stereocenters. The van der Waals surface area contributed by atoms with Crippen LogP contribution in [0.15, 0.2) is 18.2 Å². The van der Waals surface area contributed by atoms with Crippen LogP contribution in [0.5, 0.6) is 5.75 Å². The Morgan fingerprint density at radius 2 is 2.20 bits per heavy atom. The maximum Gasteiger partial charge on any atom is 0.138 e. The van der Waals surface area contributed by atoms with Gasteiger partial charge in [0.1, 0.15) is 5.75 Å². The number of hydrogen-bond acceptors (Lipinski definition) is 4. The van der Waals surface area contributed by atoms with Crippen molar-refractivity contribution >= 4 is 11.6 Å². The number of rotatable bonds is 6. The molecule has 0 fully saturated rings. The molecule has 0 radical (unpaired) electrons. The SMILES string of the molecule is COCCONCc1cccc(Cl)c1O. The van der Waals surface area contributed by atoms with Gasteiger partial charge in [0.15, 0.2) is 0 Å². The van der Waals surface area contributed by atoms with E-state index in [4.69, 9.17) is 21.2 Å². The lowest BCUT2D eigenvalue weighted by molar-refractivity contribution is 0.00322. The van der Waals surface area contributed by atoms with Gasteiger partial charge in [-0.3, -0.25) is 4.84 Å². The van der Waals surface area contributed by atoms with Crippen molar-refractivity contribution in [3.8, 4) is 5.75 Å². The number of nitrogens with one attached hydrogen (secondary N) is 1. The lowest BCUT2D eigenvalue weighted by Gasteiger charge is -2.07. The third-order valence-corrected chi connectivity index (χ3v) is 2.13. The Morgan fingerprint density at radius 1 is 1.40 bits per heavy atom. The molecule has 0 bridgehead atoms. The smallest absolute Gasteiger partial charge is 0.138 e. The van der Waals surface area contributed by atoms with E-state index in [-0.39, 0.29) is 5.75 Å². The summed E-state index contributed by atoms with van der Waals surface area (Å²) >= 11 is 5.74. The van der Waals surface area contributed by atoms with E-state index in [0.29, 0.717) is 30.3 Å². The molecule has 0 spiro atoms. The van der Waals surface area contributed by atoms with Crippen LogP contribution in [0.4, 0.5) is 0 Å². The van der Waals surface area contributed by atoms with Crippen molar-refractivity contribution in [3.63, 3.8) is 0 Å². The van der Waals surface area contributed by atoms with Crippen molar-refractivity contribution < 1.29 is 14.7 Å². The summed E-state index contributed by atoms with van der Waals surface area (Å²) in [7, 11) is 1.60. The van der Waals surface area contributed by atoms with Gasteiger partial charge in [0, 0.05) is 19.2 Å². The Bertz CT molecular complexity index is 307. The summed E-state index contributed by atoms with van der Waals surface area (Å²) in [5.74, 6) is 0.0852. The van der Waals surface area contributed by atoms with Crippen LogP contribution >= 0.6 is 11.6 Å². The summed E-state index contributed by atoms with van der Waals surface area (Å²) in [4.78, 5) is 5.04. The molecule has 0 aromatic heterocycles. The molecule has 0 aliphatic heterocycles. The third-order valence-electron chi connectivity index (χ3n) is 1.82. The number of phenolic OH excluding ortho intramolecular Hbond substituents is 1. The van der Waals surface area contributed by atoms with Gasteiger partial charge in [-0.1, -0.05) is 23.7 Å². The number of phenols is 1. The molecule has 5 heteroatoms. The second-order valence-corrected chi connectivity index (χ2v) is 3.32. The summed E-state index contributed by atoms with van der Waals surface area (Å²) in [6, 6.07) is 5.17. The largest absolute Gasteiger partial charge is 0.506 e. The average molecular weight is 232 g/mol. The predicted octanol–water partition coefficient (Wildman–Crippen LogP) is 1.71. The van der Waals surface area contributed by atoms with Crippen LogP contribution in [0.1, 0.15) is 5.56 Å². The standard InChI is InChI=1S/C10H14ClNO3/c1-14-5-6-15-12-7-8-3-2-4-9(11)10(8)13/h2-4,12-13H,5-7H2,1H3. The summed E-state index contributed by atoms with van der Waals surface area (Å²) in [5.41, 5.74) is 3.40. The number of benzene rings is 1.